The van der Waals surface area contributed by atoms with Crippen molar-refractivity contribution >= 4 is 18.0 Å². The van der Waals surface area contributed by atoms with Crippen LogP contribution in [0.15, 0.2) is 30.3 Å². The highest BCUT2D eigenvalue weighted by molar-refractivity contribution is 5.81. The Balaban J connectivity index is 2.46. The molecule has 0 aliphatic carbocycles. The second-order valence-electron chi connectivity index (χ2n) is 9.00. The lowest BCUT2D eigenvalue weighted by atomic mass is 9.95. The normalized spacial score (nSPS) is 12.6. The Morgan fingerprint density at radius 1 is 1.03 bits per heavy atom. The summed E-state index contributed by atoms with van der Waals surface area (Å²) in [6.07, 6.45) is 0.989. The van der Waals surface area contributed by atoms with Crippen LogP contribution >= 0.6 is 0 Å². The van der Waals surface area contributed by atoms with E-state index < -0.39 is 23.7 Å². The van der Waals surface area contributed by atoms with Crippen molar-refractivity contribution in [1.82, 2.24) is 10.6 Å². The zero-order valence-electron chi connectivity index (χ0n) is 19.4. The second-order valence-corrected chi connectivity index (χ2v) is 9.00. The van der Waals surface area contributed by atoms with Crippen LogP contribution in [0.3, 0.4) is 0 Å². The van der Waals surface area contributed by atoms with E-state index in [0.717, 1.165) is 5.56 Å². The van der Waals surface area contributed by atoms with Gasteiger partial charge in [-0.1, -0.05) is 30.3 Å². The average Bonchev–Trinajstić information content (AvgIpc) is 2.69. The molecule has 0 unspecified atom stereocenters. The molecule has 174 valence electrons. The third-order valence-corrected chi connectivity index (χ3v) is 4.42. The minimum atomic E-state index is -0.810. The number of carbonyl (C=O) groups excluding carboxylic acids is 3. The monoisotopic (exact) mass is 436 g/mol. The van der Waals surface area contributed by atoms with E-state index in [-0.39, 0.29) is 24.7 Å². The summed E-state index contributed by atoms with van der Waals surface area (Å²) in [6, 6.07) is 8.46. The highest BCUT2D eigenvalue weighted by Crippen LogP contribution is 2.15. The average molecular weight is 437 g/mol. The first kappa shape index (κ1) is 26.4. The van der Waals surface area contributed by atoms with E-state index in [4.69, 9.17) is 14.2 Å². The molecule has 2 N–H and O–H groups in total. The molecular formula is C23H36N2O6. The number of amides is 1. The Hall–Kier alpha value is -2.61. The molecule has 1 rings (SSSR count). The van der Waals surface area contributed by atoms with Crippen LogP contribution in [-0.2, 0) is 30.4 Å². The molecule has 0 saturated heterocycles. The molecule has 1 aromatic rings. The van der Waals surface area contributed by atoms with Crippen LogP contribution in [0.25, 0.3) is 0 Å². The molecule has 8 nitrogen and oxygen atoms in total. The van der Waals surface area contributed by atoms with Gasteiger partial charge >= 0.3 is 18.0 Å². The number of methoxy groups -OCH3 is 1. The third-order valence-electron chi connectivity index (χ3n) is 4.42. The van der Waals surface area contributed by atoms with Crippen molar-refractivity contribution in [1.29, 1.82) is 0 Å². The van der Waals surface area contributed by atoms with Gasteiger partial charge in [-0.15, -0.1) is 0 Å². The number of carbonyl (C=O) groups is 3. The van der Waals surface area contributed by atoms with Crippen LogP contribution in [0.2, 0.25) is 0 Å². The van der Waals surface area contributed by atoms with Gasteiger partial charge in [0, 0.05) is 5.54 Å². The topological polar surface area (TPSA) is 103 Å². The fourth-order valence-electron chi connectivity index (χ4n) is 2.82. The number of nitrogens with one attached hydrogen (secondary N) is 2. The Bertz CT molecular complexity index is 713. The van der Waals surface area contributed by atoms with Gasteiger partial charge in [0.25, 0.3) is 0 Å². The molecule has 0 aliphatic rings. The SMILES string of the molecule is COC(=O)[C@H](CCCC(C)(C)NCC(=O)OC(C)(C)C)NC(=O)OCc1ccccc1. The zero-order valence-corrected chi connectivity index (χ0v) is 19.4. The van der Waals surface area contributed by atoms with Crippen LogP contribution in [0.1, 0.15) is 59.4 Å². The summed E-state index contributed by atoms with van der Waals surface area (Å²) in [4.78, 5) is 36.0. The number of esters is 2. The highest BCUT2D eigenvalue weighted by Gasteiger charge is 2.25. The number of alkyl carbamates (subject to hydrolysis) is 1. The lowest BCUT2D eigenvalue weighted by Crippen LogP contribution is -2.45. The van der Waals surface area contributed by atoms with Crippen LogP contribution < -0.4 is 10.6 Å². The first-order valence-corrected chi connectivity index (χ1v) is 10.4. The van der Waals surface area contributed by atoms with Crippen molar-refractivity contribution in [3.8, 4) is 0 Å². The van der Waals surface area contributed by atoms with Gasteiger partial charge in [0.15, 0.2) is 0 Å². The minimum absolute atomic E-state index is 0.0920. The lowest BCUT2D eigenvalue weighted by molar-refractivity contribution is -0.154. The van der Waals surface area contributed by atoms with Crippen LogP contribution in [-0.4, -0.2) is 48.9 Å². The van der Waals surface area contributed by atoms with Crippen molar-refractivity contribution in [2.75, 3.05) is 13.7 Å². The first-order valence-electron chi connectivity index (χ1n) is 10.4. The van der Waals surface area contributed by atoms with Gasteiger partial charge in [0.1, 0.15) is 18.2 Å². The molecule has 1 amide bonds. The van der Waals surface area contributed by atoms with E-state index in [1.54, 1.807) is 0 Å². The van der Waals surface area contributed by atoms with Crippen LogP contribution in [0.5, 0.6) is 0 Å². The fourth-order valence-corrected chi connectivity index (χ4v) is 2.82. The summed E-state index contributed by atoms with van der Waals surface area (Å²) in [5.41, 5.74) is -0.0342. The smallest absolute Gasteiger partial charge is 0.408 e. The molecule has 0 fully saturated rings. The molecule has 31 heavy (non-hydrogen) atoms. The predicted molar refractivity (Wildman–Crippen MR) is 117 cm³/mol. The number of benzene rings is 1. The van der Waals surface area contributed by atoms with Gasteiger partial charge in [0.2, 0.25) is 0 Å². The Labute approximate surface area is 185 Å². The van der Waals surface area contributed by atoms with Crippen molar-refractivity contribution in [2.24, 2.45) is 0 Å². The summed E-state index contributed by atoms with van der Waals surface area (Å²) < 4.78 is 15.3. The highest BCUT2D eigenvalue weighted by atomic mass is 16.6. The molecule has 1 aromatic carbocycles. The van der Waals surface area contributed by atoms with Gasteiger partial charge < -0.3 is 24.8 Å². The zero-order chi connectivity index (χ0) is 23.5. The first-order chi connectivity index (χ1) is 14.4. The Morgan fingerprint density at radius 3 is 2.26 bits per heavy atom. The van der Waals surface area contributed by atoms with Crippen molar-refractivity contribution in [2.45, 2.75) is 77.7 Å². The lowest BCUT2D eigenvalue weighted by Gasteiger charge is -2.28. The summed E-state index contributed by atoms with van der Waals surface area (Å²) in [5.74, 6) is -0.855. The van der Waals surface area contributed by atoms with Crippen LogP contribution in [0.4, 0.5) is 4.79 Å². The van der Waals surface area contributed by atoms with Gasteiger partial charge in [-0.25, -0.2) is 9.59 Å². The molecule has 0 aromatic heterocycles. The van der Waals surface area contributed by atoms with Crippen molar-refractivity contribution < 1.29 is 28.6 Å². The molecule has 0 radical (unpaired) electrons. The minimum Gasteiger partial charge on any atom is -0.467 e. The van der Waals surface area contributed by atoms with E-state index in [2.05, 4.69) is 10.6 Å². The Morgan fingerprint density at radius 2 is 1.68 bits per heavy atom. The van der Waals surface area contributed by atoms with E-state index in [0.29, 0.717) is 19.3 Å². The molecule has 8 heteroatoms. The van der Waals surface area contributed by atoms with E-state index in [1.807, 2.05) is 65.0 Å². The van der Waals surface area contributed by atoms with Gasteiger partial charge in [0.05, 0.1) is 13.7 Å². The summed E-state index contributed by atoms with van der Waals surface area (Å²) in [7, 11) is 1.28. The largest absolute Gasteiger partial charge is 0.467 e. The molecule has 0 aliphatic heterocycles. The standard InChI is InChI=1S/C23H36N2O6/c1-22(2,3)31-19(26)15-24-23(4,5)14-10-13-18(20(27)29-6)25-21(28)30-16-17-11-8-7-9-12-17/h7-9,11-12,18,24H,10,13-16H2,1-6H3,(H,25,28)/t18-/m0/s1. The Kier molecular flexibility index (Phi) is 10.5. The number of ether oxygens (including phenoxy) is 3. The van der Waals surface area contributed by atoms with Crippen LogP contribution in [0, 0.1) is 0 Å². The maximum Gasteiger partial charge on any atom is 0.408 e. The van der Waals surface area contributed by atoms with Crippen molar-refractivity contribution in [3.63, 3.8) is 0 Å². The summed E-state index contributed by atoms with van der Waals surface area (Å²) in [6.45, 7) is 9.59. The van der Waals surface area contributed by atoms with Crippen molar-refractivity contribution in [3.05, 3.63) is 35.9 Å². The number of hydrogen-bond donors (Lipinski definition) is 2. The van der Waals surface area contributed by atoms with E-state index in [9.17, 15) is 14.4 Å². The fraction of sp³-hybridized carbons (Fsp3) is 0.609. The van der Waals surface area contributed by atoms with Gasteiger partial charge in [-0.2, -0.15) is 0 Å². The maximum absolute atomic E-state index is 12.1. The molecule has 0 spiro atoms. The predicted octanol–water partition coefficient (Wildman–Crippen LogP) is 3.33. The van der Waals surface area contributed by atoms with E-state index >= 15 is 0 Å². The van der Waals surface area contributed by atoms with E-state index in [1.165, 1.54) is 7.11 Å². The molecule has 0 heterocycles. The van der Waals surface area contributed by atoms with Gasteiger partial charge in [-0.05, 0) is 59.4 Å². The maximum atomic E-state index is 12.1. The molecule has 0 bridgehead atoms. The summed E-state index contributed by atoms with van der Waals surface area (Å²) in [5, 5.41) is 5.74. The third kappa shape index (κ3) is 12.0. The molecular weight excluding hydrogens is 400 g/mol. The number of hydrogen-bond acceptors (Lipinski definition) is 7. The molecule has 1 atom stereocenters. The second kappa shape index (κ2) is 12.3. The summed E-state index contributed by atoms with van der Waals surface area (Å²) >= 11 is 0. The number of rotatable bonds is 11. The van der Waals surface area contributed by atoms with Gasteiger partial charge in [-0.3, -0.25) is 4.79 Å². The molecule has 0 saturated carbocycles. The quantitative estimate of drug-likeness (QED) is 0.405.